The van der Waals surface area contributed by atoms with Gasteiger partial charge in [-0.1, -0.05) is 18.2 Å². The zero-order valence-corrected chi connectivity index (χ0v) is 14.9. The molecule has 0 aromatic heterocycles. The van der Waals surface area contributed by atoms with Crippen LogP contribution in [0.2, 0.25) is 0 Å². The van der Waals surface area contributed by atoms with Crippen molar-refractivity contribution in [1.29, 1.82) is 0 Å². The summed E-state index contributed by atoms with van der Waals surface area (Å²) in [6.45, 7) is 2.20. The van der Waals surface area contributed by atoms with Crippen LogP contribution in [-0.2, 0) is 14.8 Å². The molecule has 7 heteroatoms. The van der Waals surface area contributed by atoms with Gasteiger partial charge in [-0.25, -0.2) is 8.42 Å². The molecule has 1 atom stereocenters. The highest BCUT2D eigenvalue weighted by molar-refractivity contribution is 7.89. The zero-order valence-electron chi connectivity index (χ0n) is 14.1. The number of nitrogens with one attached hydrogen (secondary N) is 1. The summed E-state index contributed by atoms with van der Waals surface area (Å²) < 4.78 is 32.8. The smallest absolute Gasteiger partial charge is 0.245 e. The fourth-order valence-electron chi connectivity index (χ4n) is 2.92. The molecule has 0 spiro atoms. The van der Waals surface area contributed by atoms with Crippen LogP contribution in [0.25, 0.3) is 0 Å². The number of rotatable bonds is 5. The van der Waals surface area contributed by atoms with Crippen LogP contribution in [0.15, 0.2) is 53.4 Å². The largest absolute Gasteiger partial charge is 0.497 e. The highest BCUT2D eigenvalue weighted by Crippen LogP contribution is 2.25. The number of anilines is 1. The normalized spacial score (nSPS) is 17.8. The van der Waals surface area contributed by atoms with Gasteiger partial charge < -0.3 is 9.64 Å². The number of benzene rings is 2. The fourth-order valence-corrected chi connectivity index (χ4v) is 4.39. The number of methoxy groups -OCH3 is 1. The van der Waals surface area contributed by atoms with Crippen LogP contribution < -0.4 is 14.4 Å². The summed E-state index contributed by atoms with van der Waals surface area (Å²) in [5.74, 6) is 0.453. The van der Waals surface area contributed by atoms with Crippen LogP contribution in [0, 0.1) is 6.92 Å². The monoisotopic (exact) mass is 360 g/mol. The second kappa shape index (κ2) is 6.85. The van der Waals surface area contributed by atoms with Gasteiger partial charge in [0, 0.05) is 12.2 Å². The van der Waals surface area contributed by atoms with Crippen LogP contribution in [0.5, 0.6) is 5.75 Å². The summed E-state index contributed by atoms with van der Waals surface area (Å²) in [4.78, 5) is 14.4. The van der Waals surface area contributed by atoms with Crippen molar-refractivity contribution in [3.8, 4) is 5.75 Å². The summed E-state index contributed by atoms with van der Waals surface area (Å²) in [7, 11) is -2.17. The van der Waals surface area contributed by atoms with E-state index in [4.69, 9.17) is 4.74 Å². The summed E-state index contributed by atoms with van der Waals surface area (Å²) >= 11 is 0. The number of amides is 1. The second-order valence-corrected chi connectivity index (χ2v) is 7.60. The van der Waals surface area contributed by atoms with Gasteiger partial charge in [0.15, 0.2) is 0 Å². The lowest BCUT2D eigenvalue weighted by Gasteiger charge is -2.18. The molecule has 1 saturated heterocycles. The molecule has 1 aliphatic rings. The molecule has 1 amide bonds. The first-order valence-electron chi connectivity index (χ1n) is 7.96. The maximum Gasteiger partial charge on any atom is 0.245 e. The van der Waals surface area contributed by atoms with Crippen molar-refractivity contribution >= 4 is 21.6 Å². The number of aryl methyl sites for hydroxylation is 1. The third-order valence-electron chi connectivity index (χ3n) is 4.27. The molecule has 1 aliphatic heterocycles. The first kappa shape index (κ1) is 17.4. The van der Waals surface area contributed by atoms with Crippen LogP contribution in [-0.4, -0.2) is 34.0 Å². The van der Waals surface area contributed by atoms with Gasteiger partial charge in [-0.05, 0) is 49.2 Å². The van der Waals surface area contributed by atoms with Crippen molar-refractivity contribution in [2.24, 2.45) is 0 Å². The molecule has 1 fully saturated rings. The number of hydrogen-bond acceptors (Lipinski definition) is 4. The second-order valence-electron chi connectivity index (χ2n) is 5.92. The number of carbonyl (C=O) groups excluding carboxylic acids is 1. The van der Waals surface area contributed by atoms with Gasteiger partial charge in [-0.15, -0.1) is 0 Å². The van der Waals surface area contributed by atoms with Crippen molar-refractivity contribution in [2.45, 2.75) is 24.3 Å². The van der Waals surface area contributed by atoms with Gasteiger partial charge in [0.2, 0.25) is 15.9 Å². The fraction of sp³-hybridized carbons (Fsp3) is 0.278. The summed E-state index contributed by atoms with van der Waals surface area (Å²) in [5, 5.41) is 0. The Balaban J connectivity index is 1.77. The van der Waals surface area contributed by atoms with Crippen molar-refractivity contribution in [3.63, 3.8) is 0 Å². The highest BCUT2D eigenvalue weighted by Gasteiger charge is 2.35. The number of ether oxygens (including phenoxy) is 1. The number of hydrogen-bond donors (Lipinski definition) is 1. The van der Waals surface area contributed by atoms with Gasteiger partial charge in [0.05, 0.1) is 12.0 Å². The third kappa shape index (κ3) is 3.52. The maximum atomic E-state index is 12.6. The average molecular weight is 360 g/mol. The van der Waals surface area contributed by atoms with E-state index in [2.05, 4.69) is 4.72 Å². The standard InChI is InChI=1S/C18H20N2O4S/c1-13-5-3-4-6-17(13)25(22,23)19-16-11-12-20(18(16)21)14-7-9-15(24-2)10-8-14/h3-10,16,19H,11-12H2,1-2H3/t16-/m1/s1. The Morgan fingerprint density at radius 3 is 2.44 bits per heavy atom. The molecule has 1 N–H and O–H groups in total. The zero-order chi connectivity index (χ0) is 18.0. The summed E-state index contributed by atoms with van der Waals surface area (Å²) in [6, 6.07) is 13.1. The highest BCUT2D eigenvalue weighted by atomic mass is 32.2. The minimum Gasteiger partial charge on any atom is -0.497 e. The Bertz CT molecular complexity index is 878. The molecule has 3 rings (SSSR count). The van der Waals surface area contributed by atoms with Crippen LogP contribution in [0.4, 0.5) is 5.69 Å². The van der Waals surface area contributed by atoms with Gasteiger partial charge in [0.1, 0.15) is 11.8 Å². The van der Waals surface area contributed by atoms with E-state index >= 15 is 0 Å². The number of nitrogens with zero attached hydrogens (tertiary/aromatic N) is 1. The Hall–Kier alpha value is -2.38. The van der Waals surface area contributed by atoms with E-state index in [0.717, 1.165) is 5.69 Å². The molecule has 6 nitrogen and oxygen atoms in total. The molecule has 0 bridgehead atoms. The lowest BCUT2D eigenvalue weighted by Crippen LogP contribution is -2.41. The average Bonchev–Trinajstić information content (AvgIpc) is 2.95. The Kier molecular flexibility index (Phi) is 4.78. The van der Waals surface area contributed by atoms with Crippen LogP contribution >= 0.6 is 0 Å². The first-order valence-corrected chi connectivity index (χ1v) is 9.44. The predicted molar refractivity (Wildman–Crippen MR) is 95.3 cm³/mol. The van der Waals surface area contributed by atoms with Crippen molar-refractivity contribution < 1.29 is 17.9 Å². The number of carbonyl (C=O) groups is 1. The minimum absolute atomic E-state index is 0.200. The van der Waals surface area contributed by atoms with Gasteiger partial charge in [0.25, 0.3) is 0 Å². The molecule has 25 heavy (non-hydrogen) atoms. The van der Waals surface area contributed by atoms with E-state index in [1.807, 2.05) is 0 Å². The van der Waals surface area contributed by atoms with Crippen molar-refractivity contribution in [2.75, 3.05) is 18.6 Å². The van der Waals surface area contributed by atoms with E-state index in [-0.39, 0.29) is 10.8 Å². The lowest BCUT2D eigenvalue weighted by atomic mass is 10.2. The Morgan fingerprint density at radius 2 is 1.80 bits per heavy atom. The Morgan fingerprint density at radius 1 is 1.12 bits per heavy atom. The molecule has 2 aromatic carbocycles. The molecule has 1 heterocycles. The van der Waals surface area contributed by atoms with Crippen molar-refractivity contribution in [1.82, 2.24) is 4.72 Å². The van der Waals surface area contributed by atoms with E-state index < -0.39 is 16.1 Å². The SMILES string of the molecule is COc1ccc(N2CC[C@@H](NS(=O)(=O)c3ccccc3C)C2=O)cc1. The molecule has 0 radical (unpaired) electrons. The molecule has 132 valence electrons. The van der Waals surface area contributed by atoms with E-state index in [0.29, 0.717) is 24.3 Å². The van der Waals surface area contributed by atoms with Gasteiger partial charge in [-0.3, -0.25) is 4.79 Å². The quantitative estimate of drug-likeness (QED) is 0.886. The first-order chi connectivity index (χ1) is 11.9. The molecule has 0 saturated carbocycles. The third-order valence-corrected chi connectivity index (χ3v) is 5.90. The molecular weight excluding hydrogens is 340 g/mol. The molecule has 2 aromatic rings. The topological polar surface area (TPSA) is 75.7 Å². The predicted octanol–water partition coefficient (Wildman–Crippen LogP) is 2.09. The summed E-state index contributed by atoms with van der Waals surface area (Å²) in [5.41, 5.74) is 1.37. The Labute approximate surface area is 147 Å². The van der Waals surface area contributed by atoms with Gasteiger partial charge in [-0.2, -0.15) is 4.72 Å². The minimum atomic E-state index is -3.74. The van der Waals surface area contributed by atoms with E-state index in [9.17, 15) is 13.2 Å². The number of sulfonamides is 1. The maximum absolute atomic E-state index is 12.6. The molecular formula is C18H20N2O4S. The van der Waals surface area contributed by atoms with Gasteiger partial charge >= 0.3 is 0 Å². The van der Waals surface area contributed by atoms with Crippen LogP contribution in [0.3, 0.4) is 0 Å². The van der Waals surface area contributed by atoms with E-state index in [1.165, 1.54) is 0 Å². The molecule has 0 aliphatic carbocycles. The lowest BCUT2D eigenvalue weighted by molar-refractivity contribution is -0.118. The van der Waals surface area contributed by atoms with Crippen LogP contribution in [0.1, 0.15) is 12.0 Å². The summed E-state index contributed by atoms with van der Waals surface area (Å²) in [6.07, 6.45) is 0.427. The van der Waals surface area contributed by atoms with Crippen molar-refractivity contribution in [3.05, 3.63) is 54.1 Å². The van der Waals surface area contributed by atoms with E-state index in [1.54, 1.807) is 67.5 Å². The molecule has 0 unspecified atom stereocenters.